The fourth-order valence-electron chi connectivity index (χ4n) is 2.47. The lowest BCUT2D eigenvalue weighted by atomic mass is 10.2. The minimum atomic E-state index is -0.251. The van der Waals surface area contributed by atoms with Crippen LogP contribution in [0.3, 0.4) is 0 Å². The second-order valence-electron chi connectivity index (χ2n) is 5.89. The first kappa shape index (κ1) is 21.5. The number of thioether (sulfide) groups is 1. The highest BCUT2D eigenvalue weighted by Gasteiger charge is 2.15. The molecule has 0 aliphatic carbocycles. The maximum atomic E-state index is 12.4. The van der Waals surface area contributed by atoms with Crippen molar-refractivity contribution in [1.29, 1.82) is 0 Å². The summed E-state index contributed by atoms with van der Waals surface area (Å²) >= 11 is 2.60. The van der Waals surface area contributed by atoms with E-state index in [2.05, 4.69) is 32.4 Å². The Hall–Kier alpha value is -3.18. The number of carbonyl (C=O) groups is 2. The van der Waals surface area contributed by atoms with Crippen molar-refractivity contribution in [2.24, 2.45) is 0 Å². The Bertz CT molecular complexity index is 1020. The topological polar surface area (TPSA) is 111 Å². The highest BCUT2D eigenvalue weighted by molar-refractivity contribution is 7.99. The van der Waals surface area contributed by atoms with Gasteiger partial charge >= 0.3 is 0 Å². The number of hydrogen-bond donors (Lipinski definition) is 2. The van der Waals surface area contributed by atoms with E-state index in [1.165, 1.54) is 23.1 Å². The van der Waals surface area contributed by atoms with Gasteiger partial charge in [-0.25, -0.2) is 4.98 Å². The zero-order valence-corrected chi connectivity index (χ0v) is 17.8. The third-order valence-corrected chi connectivity index (χ3v) is 5.51. The summed E-state index contributed by atoms with van der Waals surface area (Å²) in [6.07, 6.45) is 3.33. The standard InChI is InChI=1S/C19H20N6O3S2/c1-3-8-25-15(11-21-17(27)13-5-4-6-14(10-13)28-2)23-24-19(25)30-12-16(26)22-18-20-7-9-29-18/h3-7,9-10H,1,8,11-12H2,2H3,(H,21,27)(H,20,22,26). The molecule has 0 radical (unpaired) electrons. The number of allylic oxidation sites excluding steroid dienone is 1. The Morgan fingerprint density at radius 2 is 2.23 bits per heavy atom. The predicted octanol–water partition coefficient (Wildman–Crippen LogP) is 2.59. The van der Waals surface area contributed by atoms with Crippen LogP contribution in [0.1, 0.15) is 16.2 Å². The summed E-state index contributed by atoms with van der Waals surface area (Å²) in [6.45, 7) is 4.39. The maximum absolute atomic E-state index is 12.4. The van der Waals surface area contributed by atoms with Crippen LogP contribution in [0.5, 0.6) is 5.75 Å². The molecule has 0 unspecified atom stereocenters. The molecular weight excluding hydrogens is 424 g/mol. The van der Waals surface area contributed by atoms with Crippen molar-refractivity contribution < 1.29 is 14.3 Å². The van der Waals surface area contributed by atoms with Gasteiger partial charge in [0.25, 0.3) is 5.91 Å². The molecule has 2 amide bonds. The van der Waals surface area contributed by atoms with E-state index in [-0.39, 0.29) is 24.1 Å². The quantitative estimate of drug-likeness (QED) is 0.365. The number of amides is 2. The van der Waals surface area contributed by atoms with Crippen LogP contribution in [0.25, 0.3) is 0 Å². The second kappa shape index (κ2) is 10.6. The smallest absolute Gasteiger partial charge is 0.251 e. The van der Waals surface area contributed by atoms with Gasteiger partial charge in [-0.15, -0.1) is 28.1 Å². The number of benzene rings is 1. The van der Waals surface area contributed by atoms with Crippen molar-refractivity contribution in [2.75, 3.05) is 18.2 Å². The van der Waals surface area contributed by atoms with Crippen LogP contribution in [0.2, 0.25) is 0 Å². The lowest BCUT2D eigenvalue weighted by Gasteiger charge is -2.09. The zero-order valence-electron chi connectivity index (χ0n) is 16.2. The fourth-order valence-corrected chi connectivity index (χ4v) is 3.78. The molecule has 0 bridgehead atoms. The van der Waals surface area contributed by atoms with Gasteiger partial charge in [-0.2, -0.15) is 0 Å². The Morgan fingerprint density at radius 3 is 2.97 bits per heavy atom. The predicted molar refractivity (Wildman–Crippen MR) is 116 cm³/mol. The average molecular weight is 445 g/mol. The van der Waals surface area contributed by atoms with E-state index in [1.54, 1.807) is 53.6 Å². The van der Waals surface area contributed by atoms with E-state index in [0.717, 1.165) is 0 Å². The number of thiazole rings is 1. The lowest BCUT2D eigenvalue weighted by Crippen LogP contribution is -2.25. The van der Waals surface area contributed by atoms with Crippen LogP contribution < -0.4 is 15.4 Å². The minimum absolute atomic E-state index is 0.158. The van der Waals surface area contributed by atoms with E-state index in [9.17, 15) is 9.59 Å². The third-order valence-electron chi connectivity index (χ3n) is 3.86. The van der Waals surface area contributed by atoms with Crippen molar-refractivity contribution in [1.82, 2.24) is 25.1 Å². The molecule has 0 aliphatic heterocycles. The molecule has 156 valence electrons. The molecule has 30 heavy (non-hydrogen) atoms. The van der Waals surface area contributed by atoms with Gasteiger partial charge in [-0.3, -0.25) is 9.59 Å². The Kier molecular flexibility index (Phi) is 7.57. The first-order valence-electron chi connectivity index (χ1n) is 8.88. The molecule has 11 heteroatoms. The van der Waals surface area contributed by atoms with E-state index in [4.69, 9.17) is 4.74 Å². The van der Waals surface area contributed by atoms with Crippen molar-refractivity contribution >= 4 is 40.0 Å². The number of nitrogens with one attached hydrogen (secondary N) is 2. The van der Waals surface area contributed by atoms with Crippen molar-refractivity contribution in [3.05, 3.63) is 59.9 Å². The Balaban J connectivity index is 1.61. The first-order chi connectivity index (χ1) is 14.6. The summed E-state index contributed by atoms with van der Waals surface area (Å²) in [5, 5.41) is 16.7. The molecule has 1 aromatic carbocycles. The fraction of sp³-hybridized carbons (Fsp3) is 0.211. The van der Waals surface area contributed by atoms with E-state index < -0.39 is 0 Å². The Labute approximate surface area is 181 Å². The number of aromatic nitrogens is 4. The monoisotopic (exact) mass is 444 g/mol. The number of nitrogens with zero attached hydrogens (tertiary/aromatic N) is 4. The molecule has 9 nitrogen and oxygen atoms in total. The van der Waals surface area contributed by atoms with Gasteiger partial charge < -0.3 is 19.9 Å². The lowest BCUT2D eigenvalue weighted by molar-refractivity contribution is -0.113. The molecule has 3 rings (SSSR count). The number of ether oxygens (including phenoxy) is 1. The maximum Gasteiger partial charge on any atom is 0.251 e. The first-order valence-corrected chi connectivity index (χ1v) is 10.7. The number of carbonyl (C=O) groups excluding carboxylic acids is 2. The van der Waals surface area contributed by atoms with Gasteiger partial charge in [-0.1, -0.05) is 23.9 Å². The molecule has 0 fully saturated rings. The highest BCUT2D eigenvalue weighted by atomic mass is 32.2. The number of rotatable bonds is 10. The molecule has 3 aromatic rings. The third kappa shape index (κ3) is 5.67. The van der Waals surface area contributed by atoms with Crippen LogP contribution in [0, 0.1) is 0 Å². The van der Waals surface area contributed by atoms with Gasteiger partial charge in [0.1, 0.15) is 5.75 Å². The van der Waals surface area contributed by atoms with E-state index >= 15 is 0 Å². The number of hydrogen-bond acceptors (Lipinski definition) is 8. The summed E-state index contributed by atoms with van der Waals surface area (Å²) < 4.78 is 6.95. The van der Waals surface area contributed by atoms with Gasteiger partial charge in [0.15, 0.2) is 16.1 Å². The summed E-state index contributed by atoms with van der Waals surface area (Å²) in [7, 11) is 1.55. The number of methoxy groups -OCH3 is 1. The van der Waals surface area contributed by atoms with Crippen molar-refractivity contribution in [2.45, 2.75) is 18.2 Å². The van der Waals surface area contributed by atoms with E-state index in [0.29, 0.717) is 34.0 Å². The van der Waals surface area contributed by atoms with Gasteiger partial charge in [0.05, 0.1) is 19.4 Å². The van der Waals surface area contributed by atoms with Crippen molar-refractivity contribution in [3.63, 3.8) is 0 Å². The Morgan fingerprint density at radius 1 is 1.37 bits per heavy atom. The summed E-state index contributed by atoms with van der Waals surface area (Å²) in [6, 6.07) is 6.88. The summed E-state index contributed by atoms with van der Waals surface area (Å²) in [5.74, 6) is 0.890. The number of anilines is 1. The SMILES string of the molecule is C=CCn1c(CNC(=O)c2cccc(OC)c2)nnc1SCC(=O)Nc1nccs1. The summed E-state index contributed by atoms with van der Waals surface area (Å²) in [4.78, 5) is 28.5. The van der Waals surface area contributed by atoms with Gasteiger partial charge in [-0.05, 0) is 18.2 Å². The molecule has 0 spiro atoms. The van der Waals surface area contributed by atoms with Crippen LogP contribution in [-0.4, -0.2) is 44.4 Å². The zero-order chi connectivity index (χ0) is 21.3. The van der Waals surface area contributed by atoms with E-state index in [1.807, 2.05) is 0 Å². The average Bonchev–Trinajstić information content (AvgIpc) is 3.41. The molecule has 2 N–H and O–H groups in total. The van der Waals surface area contributed by atoms with Crippen LogP contribution >= 0.6 is 23.1 Å². The van der Waals surface area contributed by atoms with Crippen LogP contribution in [0.15, 0.2) is 53.7 Å². The normalized spacial score (nSPS) is 10.4. The molecule has 2 heterocycles. The van der Waals surface area contributed by atoms with Crippen LogP contribution in [-0.2, 0) is 17.9 Å². The summed E-state index contributed by atoms with van der Waals surface area (Å²) in [5.41, 5.74) is 0.484. The minimum Gasteiger partial charge on any atom is -0.497 e. The van der Waals surface area contributed by atoms with Crippen molar-refractivity contribution in [3.8, 4) is 5.75 Å². The molecule has 0 aliphatic rings. The van der Waals surface area contributed by atoms with Gasteiger partial charge in [0.2, 0.25) is 5.91 Å². The second-order valence-corrected chi connectivity index (χ2v) is 7.72. The molecular formula is C19H20N6O3S2. The molecule has 0 atom stereocenters. The molecule has 0 saturated heterocycles. The molecule has 0 saturated carbocycles. The highest BCUT2D eigenvalue weighted by Crippen LogP contribution is 2.19. The van der Waals surface area contributed by atoms with Crippen LogP contribution in [0.4, 0.5) is 5.13 Å². The largest absolute Gasteiger partial charge is 0.497 e. The molecule has 2 aromatic heterocycles. The van der Waals surface area contributed by atoms with Gasteiger partial charge in [0, 0.05) is 23.7 Å².